The van der Waals surface area contributed by atoms with Crippen molar-refractivity contribution in [3.8, 4) is 11.5 Å². The third kappa shape index (κ3) is 3.79. The molecule has 0 aromatic heterocycles. The minimum absolute atomic E-state index is 0.0777. The fourth-order valence-electron chi connectivity index (χ4n) is 2.73. The molecule has 0 fully saturated rings. The van der Waals surface area contributed by atoms with E-state index in [9.17, 15) is 9.59 Å². The van der Waals surface area contributed by atoms with Crippen LogP contribution in [-0.4, -0.2) is 67.2 Å². The van der Waals surface area contributed by atoms with Crippen LogP contribution in [0.4, 0.5) is 0 Å². The van der Waals surface area contributed by atoms with Crippen molar-refractivity contribution in [3.63, 3.8) is 0 Å². The van der Waals surface area contributed by atoms with Crippen LogP contribution in [0.3, 0.4) is 0 Å². The van der Waals surface area contributed by atoms with Crippen molar-refractivity contribution >= 4 is 11.9 Å². The molecule has 132 valence electrons. The maximum atomic E-state index is 12.5. The van der Waals surface area contributed by atoms with Crippen LogP contribution < -0.4 is 9.47 Å². The standard InChI is InChI=1S/C17H24N2O5/c1-11(17(21)22)18(2)10-16(20)19-6-5-12-7-14(23-3)15(24-4)8-13(12)9-19/h7-8,11H,5-6,9-10H2,1-4H3,(H,21,22). The third-order valence-electron chi connectivity index (χ3n) is 4.47. The van der Waals surface area contributed by atoms with Gasteiger partial charge in [-0.2, -0.15) is 0 Å². The van der Waals surface area contributed by atoms with Gasteiger partial charge in [-0.1, -0.05) is 0 Å². The highest BCUT2D eigenvalue weighted by Gasteiger charge is 2.25. The zero-order valence-corrected chi connectivity index (χ0v) is 14.5. The van der Waals surface area contributed by atoms with Gasteiger partial charge in [0.05, 0.1) is 20.8 Å². The summed E-state index contributed by atoms with van der Waals surface area (Å²) in [5.74, 6) is 0.311. The number of ether oxygens (including phenoxy) is 2. The number of nitrogens with zero attached hydrogens (tertiary/aromatic N) is 2. The SMILES string of the molecule is COc1cc2c(cc1OC)CN(C(=O)CN(C)C(C)C(=O)O)CC2. The molecule has 1 aromatic carbocycles. The summed E-state index contributed by atoms with van der Waals surface area (Å²) in [7, 11) is 4.82. The molecule has 0 radical (unpaired) electrons. The van der Waals surface area contributed by atoms with Gasteiger partial charge in [0.25, 0.3) is 0 Å². The van der Waals surface area contributed by atoms with Crippen molar-refractivity contribution < 1.29 is 24.2 Å². The fourth-order valence-corrected chi connectivity index (χ4v) is 2.73. The normalized spacial score (nSPS) is 15.0. The summed E-state index contributed by atoms with van der Waals surface area (Å²) in [5.41, 5.74) is 2.17. The van der Waals surface area contributed by atoms with E-state index in [1.54, 1.807) is 33.1 Å². The quantitative estimate of drug-likeness (QED) is 0.835. The van der Waals surface area contributed by atoms with Crippen molar-refractivity contribution in [2.75, 3.05) is 34.4 Å². The summed E-state index contributed by atoms with van der Waals surface area (Å²) in [6.45, 7) is 2.74. The summed E-state index contributed by atoms with van der Waals surface area (Å²) in [5, 5.41) is 9.02. The Labute approximate surface area is 141 Å². The Bertz CT molecular complexity index is 632. The molecule has 1 aromatic rings. The van der Waals surface area contributed by atoms with Gasteiger partial charge in [0.1, 0.15) is 6.04 Å². The van der Waals surface area contributed by atoms with Gasteiger partial charge >= 0.3 is 5.97 Å². The molecule has 1 aliphatic heterocycles. The third-order valence-corrected chi connectivity index (χ3v) is 4.47. The van der Waals surface area contributed by atoms with Gasteiger partial charge in [-0.15, -0.1) is 0 Å². The van der Waals surface area contributed by atoms with Crippen molar-refractivity contribution in [2.45, 2.75) is 25.9 Å². The Morgan fingerprint density at radius 1 is 1.25 bits per heavy atom. The van der Waals surface area contributed by atoms with E-state index in [4.69, 9.17) is 14.6 Å². The number of likely N-dealkylation sites (N-methyl/N-ethyl adjacent to an activating group) is 1. The van der Waals surface area contributed by atoms with Crippen molar-refractivity contribution in [1.82, 2.24) is 9.80 Å². The van der Waals surface area contributed by atoms with Gasteiger partial charge < -0.3 is 19.5 Å². The lowest BCUT2D eigenvalue weighted by molar-refractivity contribution is -0.143. The molecule has 24 heavy (non-hydrogen) atoms. The number of hydrogen-bond donors (Lipinski definition) is 1. The van der Waals surface area contributed by atoms with E-state index in [2.05, 4.69) is 0 Å². The first kappa shape index (κ1) is 18.1. The number of amides is 1. The summed E-state index contributed by atoms with van der Waals surface area (Å²) in [4.78, 5) is 26.7. The predicted molar refractivity (Wildman–Crippen MR) is 88.4 cm³/mol. The zero-order chi connectivity index (χ0) is 17.9. The number of rotatable bonds is 6. The molecule has 0 saturated carbocycles. The highest BCUT2D eigenvalue weighted by atomic mass is 16.5. The summed E-state index contributed by atoms with van der Waals surface area (Å²) >= 11 is 0. The largest absolute Gasteiger partial charge is 0.493 e. The Morgan fingerprint density at radius 2 is 1.83 bits per heavy atom. The Hall–Kier alpha value is -2.28. The van der Waals surface area contributed by atoms with Gasteiger partial charge in [0.2, 0.25) is 5.91 Å². The minimum atomic E-state index is -0.939. The lowest BCUT2D eigenvalue weighted by atomic mass is 9.98. The van der Waals surface area contributed by atoms with E-state index in [0.717, 1.165) is 17.5 Å². The van der Waals surface area contributed by atoms with Gasteiger partial charge in [-0.25, -0.2) is 0 Å². The average Bonchev–Trinajstić information content (AvgIpc) is 2.58. The Kier molecular flexibility index (Phi) is 5.66. The summed E-state index contributed by atoms with van der Waals surface area (Å²) in [6.07, 6.45) is 0.736. The fraction of sp³-hybridized carbons (Fsp3) is 0.529. The van der Waals surface area contributed by atoms with Gasteiger partial charge in [-0.05, 0) is 43.7 Å². The number of hydrogen-bond acceptors (Lipinski definition) is 5. The molecule has 0 aliphatic carbocycles. The van der Waals surface area contributed by atoms with E-state index in [0.29, 0.717) is 24.6 Å². The summed E-state index contributed by atoms with van der Waals surface area (Å²) < 4.78 is 10.6. The van der Waals surface area contributed by atoms with Crippen LogP contribution in [-0.2, 0) is 22.6 Å². The summed E-state index contributed by atoms with van der Waals surface area (Å²) in [6, 6.07) is 3.15. The smallest absolute Gasteiger partial charge is 0.320 e. The van der Waals surface area contributed by atoms with E-state index in [1.807, 2.05) is 12.1 Å². The van der Waals surface area contributed by atoms with Crippen LogP contribution in [0.1, 0.15) is 18.1 Å². The second-order valence-electron chi connectivity index (χ2n) is 5.97. The predicted octanol–water partition coefficient (Wildman–Crippen LogP) is 0.993. The maximum absolute atomic E-state index is 12.5. The van der Waals surface area contributed by atoms with Crippen LogP contribution in [0.2, 0.25) is 0 Å². The monoisotopic (exact) mass is 336 g/mol. The molecule has 1 amide bonds. The molecular formula is C17H24N2O5. The average molecular weight is 336 g/mol. The first-order valence-corrected chi connectivity index (χ1v) is 7.82. The molecule has 2 rings (SSSR count). The van der Waals surface area contributed by atoms with Crippen LogP contribution >= 0.6 is 0 Å². The van der Waals surface area contributed by atoms with Crippen molar-refractivity contribution in [3.05, 3.63) is 23.3 Å². The van der Waals surface area contributed by atoms with Crippen molar-refractivity contribution in [2.24, 2.45) is 0 Å². The number of methoxy groups -OCH3 is 2. The molecule has 1 aliphatic rings. The van der Waals surface area contributed by atoms with Crippen LogP contribution in [0, 0.1) is 0 Å². The number of carboxylic acids is 1. The van der Waals surface area contributed by atoms with Gasteiger partial charge in [0, 0.05) is 13.1 Å². The number of aliphatic carboxylic acids is 1. The number of carboxylic acid groups (broad SMARTS) is 1. The number of carbonyl (C=O) groups excluding carboxylic acids is 1. The maximum Gasteiger partial charge on any atom is 0.320 e. The van der Waals surface area contributed by atoms with Gasteiger partial charge in [0.15, 0.2) is 11.5 Å². The highest BCUT2D eigenvalue weighted by molar-refractivity contribution is 5.80. The molecule has 0 spiro atoms. The van der Waals surface area contributed by atoms with E-state index >= 15 is 0 Å². The number of carbonyl (C=O) groups is 2. The second kappa shape index (κ2) is 7.53. The van der Waals surface area contributed by atoms with Crippen LogP contribution in [0.25, 0.3) is 0 Å². The minimum Gasteiger partial charge on any atom is -0.493 e. The molecule has 7 heteroatoms. The lowest BCUT2D eigenvalue weighted by Crippen LogP contribution is -2.45. The van der Waals surface area contributed by atoms with Crippen LogP contribution in [0.15, 0.2) is 12.1 Å². The molecule has 7 nitrogen and oxygen atoms in total. The van der Waals surface area contributed by atoms with E-state index < -0.39 is 12.0 Å². The molecule has 1 N–H and O–H groups in total. The molecule has 1 atom stereocenters. The molecule has 1 heterocycles. The first-order chi connectivity index (χ1) is 11.4. The molecule has 0 bridgehead atoms. The van der Waals surface area contributed by atoms with Crippen molar-refractivity contribution in [1.29, 1.82) is 0 Å². The topological polar surface area (TPSA) is 79.3 Å². The van der Waals surface area contributed by atoms with Gasteiger partial charge in [-0.3, -0.25) is 14.5 Å². The van der Waals surface area contributed by atoms with E-state index in [-0.39, 0.29) is 12.5 Å². The molecular weight excluding hydrogens is 312 g/mol. The number of fused-ring (bicyclic) bond motifs is 1. The molecule has 0 saturated heterocycles. The Balaban J connectivity index is 2.09. The highest BCUT2D eigenvalue weighted by Crippen LogP contribution is 2.33. The van der Waals surface area contributed by atoms with E-state index in [1.165, 1.54) is 4.90 Å². The number of benzene rings is 1. The Morgan fingerprint density at radius 3 is 2.38 bits per heavy atom. The first-order valence-electron chi connectivity index (χ1n) is 7.82. The zero-order valence-electron chi connectivity index (χ0n) is 14.5. The lowest BCUT2D eigenvalue weighted by Gasteiger charge is -2.31. The second-order valence-corrected chi connectivity index (χ2v) is 5.97. The van der Waals surface area contributed by atoms with Crippen LogP contribution in [0.5, 0.6) is 11.5 Å². The molecule has 1 unspecified atom stereocenters.